The number of halogens is 3. The van der Waals surface area contributed by atoms with E-state index in [1.807, 2.05) is 0 Å². The fraction of sp³-hybridized carbons (Fsp3) is 0.320. The molecule has 1 aliphatic rings. The SMILES string of the molecule is CCNC(=O)n1nc(-c2cc(NC(=O)c3cccc(C(F)(F)F)c3)ccc2O)cc1C1CCCC1. The number of rotatable bonds is 5. The lowest BCUT2D eigenvalue weighted by Gasteiger charge is -2.11. The third-order valence-electron chi connectivity index (χ3n) is 6.01. The summed E-state index contributed by atoms with van der Waals surface area (Å²) in [6.45, 7) is 2.24. The van der Waals surface area contributed by atoms with Crippen molar-refractivity contribution in [2.24, 2.45) is 0 Å². The van der Waals surface area contributed by atoms with Gasteiger partial charge in [-0.2, -0.15) is 23.0 Å². The van der Waals surface area contributed by atoms with Gasteiger partial charge in [-0.1, -0.05) is 18.9 Å². The van der Waals surface area contributed by atoms with E-state index < -0.39 is 17.6 Å². The molecule has 4 rings (SSSR count). The van der Waals surface area contributed by atoms with Gasteiger partial charge in [-0.05, 0) is 62.2 Å². The molecule has 0 atom stereocenters. The van der Waals surface area contributed by atoms with Crippen LogP contribution in [0.15, 0.2) is 48.5 Å². The van der Waals surface area contributed by atoms with Crippen molar-refractivity contribution in [2.75, 3.05) is 11.9 Å². The van der Waals surface area contributed by atoms with Gasteiger partial charge in [0.1, 0.15) is 5.75 Å². The Labute approximate surface area is 200 Å². The van der Waals surface area contributed by atoms with E-state index in [-0.39, 0.29) is 34.5 Å². The van der Waals surface area contributed by atoms with Crippen LogP contribution >= 0.6 is 0 Å². The van der Waals surface area contributed by atoms with Gasteiger partial charge in [0.05, 0.1) is 17.0 Å². The van der Waals surface area contributed by atoms with Gasteiger partial charge in [-0.25, -0.2) is 4.79 Å². The Kier molecular flexibility index (Phi) is 6.81. The summed E-state index contributed by atoms with van der Waals surface area (Å²) in [5, 5.41) is 20.2. The number of amides is 2. The third kappa shape index (κ3) is 5.31. The van der Waals surface area contributed by atoms with Gasteiger partial charge in [-0.3, -0.25) is 4.79 Å². The zero-order chi connectivity index (χ0) is 25.2. The standard InChI is InChI=1S/C25H25F3N4O3/c1-2-29-24(35)32-21(15-6-3-4-7-15)14-20(31-32)19-13-18(10-11-22(19)33)30-23(34)16-8-5-9-17(12-16)25(26,27)28/h5,8-15,33H,2-4,6-7H2,1H3,(H,29,35)(H,30,34). The monoisotopic (exact) mass is 486 g/mol. The topological polar surface area (TPSA) is 96.3 Å². The van der Waals surface area contributed by atoms with Crippen LogP contribution in [0.25, 0.3) is 11.3 Å². The fourth-order valence-electron chi connectivity index (χ4n) is 4.29. The van der Waals surface area contributed by atoms with E-state index >= 15 is 0 Å². The number of anilines is 1. The molecular weight excluding hydrogens is 461 g/mol. The van der Waals surface area contributed by atoms with E-state index in [0.29, 0.717) is 12.2 Å². The van der Waals surface area contributed by atoms with Crippen molar-refractivity contribution in [3.8, 4) is 17.0 Å². The van der Waals surface area contributed by atoms with E-state index in [4.69, 9.17) is 0 Å². The van der Waals surface area contributed by atoms with E-state index in [9.17, 15) is 27.9 Å². The second kappa shape index (κ2) is 9.81. The summed E-state index contributed by atoms with van der Waals surface area (Å²) in [5.41, 5.74) is 0.571. The van der Waals surface area contributed by atoms with Crippen molar-refractivity contribution in [1.29, 1.82) is 0 Å². The summed E-state index contributed by atoms with van der Waals surface area (Å²) in [5.74, 6) is -0.669. The first kappa shape index (κ1) is 24.3. The Morgan fingerprint density at radius 3 is 2.54 bits per heavy atom. The largest absolute Gasteiger partial charge is 0.507 e. The van der Waals surface area contributed by atoms with Crippen molar-refractivity contribution in [2.45, 2.75) is 44.7 Å². The zero-order valence-corrected chi connectivity index (χ0v) is 19.0. The fourth-order valence-corrected chi connectivity index (χ4v) is 4.29. The Hall–Kier alpha value is -3.82. The van der Waals surface area contributed by atoms with Crippen LogP contribution in [0.1, 0.15) is 60.1 Å². The lowest BCUT2D eigenvalue weighted by atomic mass is 10.0. The van der Waals surface area contributed by atoms with Crippen LogP contribution in [-0.2, 0) is 6.18 Å². The van der Waals surface area contributed by atoms with Crippen LogP contribution in [0.5, 0.6) is 5.75 Å². The minimum absolute atomic E-state index is 0.111. The lowest BCUT2D eigenvalue weighted by molar-refractivity contribution is -0.137. The molecule has 3 N–H and O–H groups in total. The number of phenols is 1. The highest BCUT2D eigenvalue weighted by Gasteiger charge is 2.31. The molecule has 184 valence electrons. The molecule has 0 spiro atoms. The molecule has 10 heteroatoms. The summed E-state index contributed by atoms with van der Waals surface area (Å²) in [6, 6.07) is 9.78. The summed E-state index contributed by atoms with van der Waals surface area (Å²) in [7, 11) is 0. The molecule has 1 fully saturated rings. The Morgan fingerprint density at radius 1 is 1.11 bits per heavy atom. The Morgan fingerprint density at radius 2 is 1.86 bits per heavy atom. The van der Waals surface area contributed by atoms with Crippen LogP contribution < -0.4 is 10.6 Å². The van der Waals surface area contributed by atoms with Crippen molar-refractivity contribution in [3.05, 3.63) is 65.4 Å². The summed E-state index contributed by atoms with van der Waals surface area (Å²) in [6.07, 6.45) is -0.582. The van der Waals surface area contributed by atoms with E-state index in [1.165, 1.54) is 35.0 Å². The zero-order valence-electron chi connectivity index (χ0n) is 19.0. The van der Waals surface area contributed by atoms with Crippen LogP contribution in [0.4, 0.5) is 23.7 Å². The average molecular weight is 486 g/mol. The number of nitrogens with zero attached hydrogens (tertiary/aromatic N) is 2. The molecule has 1 saturated carbocycles. The second-order valence-electron chi connectivity index (χ2n) is 8.45. The minimum Gasteiger partial charge on any atom is -0.507 e. The van der Waals surface area contributed by atoms with Crippen LogP contribution in [0.3, 0.4) is 0 Å². The van der Waals surface area contributed by atoms with Gasteiger partial charge in [0, 0.05) is 29.3 Å². The first-order valence-corrected chi connectivity index (χ1v) is 11.4. The summed E-state index contributed by atoms with van der Waals surface area (Å²) in [4.78, 5) is 25.2. The van der Waals surface area contributed by atoms with Crippen LogP contribution in [-0.4, -0.2) is 33.4 Å². The summed E-state index contributed by atoms with van der Waals surface area (Å²) < 4.78 is 40.3. The van der Waals surface area contributed by atoms with Crippen molar-refractivity contribution in [1.82, 2.24) is 15.1 Å². The smallest absolute Gasteiger partial charge is 0.416 e. The number of phenolic OH excluding ortho intramolecular Hbond substituents is 1. The molecule has 0 unspecified atom stereocenters. The van der Waals surface area contributed by atoms with Crippen molar-refractivity contribution in [3.63, 3.8) is 0 Å². The maximum Gasteiger partial charge on any atom is 0.416 e. The van der Waals surface area contributed by atoms with Gasteiger partial charge in [0.15, 0.2) is 0 Å². The van der Waals surface area contributed by atoms with Crippen LogP contribution in [0, 0.1) is 0 Å². The number of aromatic nitrogens is 2. The van der Waals surface area contributed by atoms with Gasteiger partial charge >= 0.3 is 12.2 Å². The summed E-state index contributed by atoms with van der Waals surface area (Å²) >= 11 is 0. The average Bonchev–Trinajstić information content (AvgIpc) is 3.50. The maximum absolute atomic E-state index is 13.0. The molecule has 0 radical (unpaired) electrons. The molecule has 3 aromatic rings. The highest BCUT2D eigenvalue weighted by Crippen LogP contribution is 2.38. The molecule has 1 heterocycles. The first-order valence-electron chi connectivity index (χ1n) is 11.4. The predicted molar refractivity (Wildman–Crippen MR) is 124 cm³/mol. The predicted octanol–water partition coefficient (Wildman–Crippen LogP) is 5.76. The highest BCUT2D eigenvalue weighted by atomic mass is 19.4. The van der Waals surface area contributed by atoms with Crippen molar-refractivity contribution >= 4 is 17.6 Å². The number of hydrogen-bond acceptors (Lipinski definition) is 4. The molecule has 0 saturated heterocycles. The van der Waals surface area contributed by atoms with Crippen LogP contribution in [0.2, 0.25) is 0 Å². The molecule has 2 amide bonds. The number of nitrogens with one attached hydrogen (secondary N) is 2. The third-order valence-corrected chi connectivity index (χ3v) is 6.01. The van der Waals surface area contributed by atoms with E-state index in [1.54, 1.807) is 13.0 Å². The van der Waals surface area contributed by atoms with Crippen molar-refractivity contribution < 1.29 is 27.9 Å². The normalized spacial score (nSPS) is 14.2. The van der Waals surface area contributed by atoms with Gasteiger partial charge in [-0.15, -0.1) is 0 Å². The van der Waals surface area contributed by atoms with E-state index in [2.05, 4.69) is 15.7 Å². The van der Waals surface area contributed by atoms with E-state index in [0.717, 1.165) is 43.5 Å². The number of alkyl halides is 3. The molecule has 0 bridgehead atoms. The molecule has 2 aromatic carbocycles. The molecule has 35 heavy (non-hydrogen) atoms. The number of carbonyl (C=O) groups is 2. The molecule has 7 nitrogen and oxygen atoms in total. The van der Waals surface area contributed by atoms with Gasteiger partial charge in [0.2, 0.25) is 0 Å². The molecular formula is C25H25F3N4O3. The second-order valence-corrected chi connectivity index (χ2v) is 8.45. The van der Waals surface area contributed by atoms with Gasteiger partial charge in [0.25, 0.3) is 5.91 Å². The van der Waals surface area contributed by atoms with Gasteiger partial charge < -0.3 is 15.7 Å². The Balaban J connectivity index is 1.64. The highest BCUT2D eigenvalue weighted by molar-refractivity contribution is 6.04. The molecule has 1 aliphatic carbocycles. The number of aromatic hydroxyl groups is 1. The number of carbonyl (C=O) groups excluding carboxylic acids is 2. The first-order chi connectivity index (χ1) is 16.7. The Bertz CT molecular complexity index is 1250. The number of hydrogen-bond donors (Lipinski definition) is 3. The quantitative estimate of drug-likeness (QED) is 0.400. The number of benzene rings is 2. The lowest BCUT2D eigenvalue weighted by Crippen LogP contribution is -2.30. The minimum atomic E-state index is -4.57. The molecule has 0 aliphatic heterocycles. The molecule has 1 aromatic heterocycles. The maximum atomic E-state index is 13.0.